The van der Waals surface area contributed by atoms with Crippen molar-refractivity contribution in [3.8, 4) is 0 Å². The van der Waals surface area contributed by atoms with Gasteiger partial charge in [0.25, 0.3) is 0 Å². The van der Waals surface area contributed by atoms with Crippen LogP contribution in [0.4, 0.5) is 0 Å². The molecule has 1 aromatic rings. The van der Waals surface area contributed by atoms with E-state index >= 15 is 0 Å². The average Bonchev–Trinajstić information content (AvgIpc) is 2.67. The van der Waals surface area contributed by atoms with Crippen LogP contribution in [0, 0.1) is 0 Å². The molecule has 1 aromatic heterocycles. The zero-order chi connectivity index (χ0) is 9.80. The molecule has 1 N–H and O–H groups in total. The van der Waals surface area contributed by atoms with Gasteiger partial charge in [0.1, 0.15) is 5.15 Å². The maximum absolute atomic E-state index is 5.80. The summed E-state index contributed by atoms with van der Waals surface area (Å²) in [4.78, 5) is 4.24. The molecule has 1 aliphatic carbocycles. The summed E-state index contributed by atoms with van der Waals surface area (Å²) < 4.78 is 0. The van der Waals surface area contributed by atoms with E-state index in [-0.39, 0.29) is 0 Å². The molecule has 1 fully saturated rings. The predicted molar refractivity (Wildman–Crippen MR) is 58.3 cm³/mol. The van der Waals surface area contributed by atoms with Crippen molar-refractivity contribution in [2.24, 2.45) is 0 Å². The topological polar surface area (TPSA) is 24.9 Å². The van der Waals surface area contributed by atoms with E-state index in [0.29, 0.717) is 11.2 Å². The maximum Gasteiger partial charge on any atom is 0.129 e. The van der Waals surface area contributed by atoms with Crippen LogP contribution in [0.5, 0.6) is 0 Å². The van der Waals surface area contributed by atoms with Crippen LogP contribution in [0.1, 0.15) is 31.4 Å². The number of pyridine rings is 1. The standard InChI is InChI=1S/C11H15ClN2/c12-11-7-3-6-10(14-11)8-13-9-4-1-2-5-9/h3,6-7,9,13H,1-2,4-5,8H2. The Hall–Kier alpha value is -0.600. The Morgan fingerprint density at radius 3 is 2.86 bits per heavy atom. The van der Waals surface area contributed by atoms with E-state index in [0.717, 1.165) is 12.2 Å². The van der Waals surface area contributed by atoms with E-state index in [1.165, 1.54) is 25.7 Å². The third kappa shape index (κ3) is 2.69. The highest BCUT2D eigenvalue weighted by molar-refractivity contribution is 6.29. The van der Waals surface area contributed by atoms with Gasteiger partial charge in [-0.05, 0) is 25.0 Å². The van der Waals surface area contributed by atoms with Gasteiger partial charge in [-0.2, -0.15) is 0 Å². The first kappa shape index (κ1) is 9.94. The summed E-state index contributed by atoms with van der Waals surface area (Å²) in [5.74, 6) is 0. The van der Waals surface area contributed by atoms with Gasteiger partial charge in [-0.25, -0.2) is 4.98 Å². The van der Waals surface area contributed by atoms with Gasteiger partial charge >= 0.3 is 0 Å². The molecule has 0 radical (unpaired) electrons. The molecule has 0 spiro atoms. The molecule has 0 saturated heterocycles. The molecule has 3 heteroatoms. The molecule has 0 unspecified atom stereocenters. The number of rotatable bonds is 3. The van der Waals surface area contributed by atoms with Crippen molar-refractivity contribution in [3.05, 3.63) is 29.0 Å². The summed E-state index contributed by atoms with van der Waals surface area (Å²) in [6, 6.07) is 6.45. The summed E-state index contributed by atoms with van der Waals surface area (Å²) in [5.41, 5.74) is 1.03. The van der Waals surface area contributed by atoms with Gasteiger partial charge in [-0.3, -0.25) is 0 Å². The molecule has 2 rings (SSSR count). The van der Waals surface area contributed by atoms with E-state index in [9.17, 15) is 0 Å². The summed E-state index contributed by atoms with van der Waals surface area (Å²) in [5, 5.41) is 4.08. The zero-order valence-electron chi connectivity index (χ0n) is 8.17. The van der Waals surface area contributed by atoms with Gasteiger partial charge < -0.3 is 5.32 Å². The van der Waals surface area contributed by atoms with Crippen LogP contribution < -0.4 is 5.32 Å². The second-order valence-corrected chi connectivity index (χ2v) is 4.20. The second kappa shape index (κ2) is 4.76. The van der Waals surface area contributed by atoms with Gasteiger partial charge in [0.05, 0.1) is 5.69 Å². The minimum atomic E-state index is 0.579. The van der Waals surface area contributed by atoms with E-state index in [1.807, 2.05) is 12.1 Å². The molecule has 0 aromatic carbocycles. The molecule has 0 amide bonds. The van der Waals surface area contributed by atoms with Crippen LogP contribution in [0.15, 0.2) is 18.2 Å². The van der Waals surface area contributed by atoms with Gasteiger partial charge in [-0.1, -0.05) is 30.5 Å². The molecular weight excluding hydrogens is 196 g/mol. The fourth-order valence-corrected chi connectivity index (χ4v) is 2.11. The van der Waals surface area contributed by atoms with E-state index in [1.54, 1.807) is 6.07 Å². The van der Waals surface area contributed by atoms with Crippen molar-refractivity contribution in [1.82, 2.24) is 10.3 Å². The average molecular weight is 211 g/mol. The zero-order valence-corrected chi connectivity index (χ0v) is 8.93. The van der Waals surface area contributed by atoms with Crippen molar-refractivity contribution in [2.75, 3.05) is 0 Å². The Labute approximate surface area is 89.7 Å². The van der Waals surface area contributed by atoms with Crippen molar-refractivity contribution < 1.29 is 0 Å². The fraction of sp³-hybridized carbons (Fsp3) is 0.545. The second-order valence-electron chi connectivity index (χ2n) is 3.81. The summed E-state index contributed by atoms with van der Waals surface area (Å²) in [6.45, 7) is 0.839. The molecule has 1 saturated carbocycles. The van der Waals surface area contributed by atoms with E-state index in [4.69, 9.17) is 11.6 Å². The summed E-state index contributed by atoms with van der Waals surface area (Å²) >= 11 is 5.80. The Balaban J connectivity index is 1.85. The number of nitrogens with zero attached hydrogens (tertiary/aromatic N) is 1. The van der Waals surface area contributed by atoms with Crippen LogP contribution >= 0.6 is 11.6 Å². The molecule has 0 atom stereocenters. The fourth-order valence-electron chi connectivity index (χ4n) is 1.93. The first-order valence-electron chi connectivity index (χ1n) is 5.19. The third-order valence-electron chi connectivity index (χ3n) is 2.70. The largest absolute Gasteiger partial charge is 0.308 e. The number of nitrogens with one attached hydrogen (secondary N) is 1. The molecule has 0 bridgehead atoms. The van der Waals surface area contributed by atoms with Crippen molar-refractivity contribution in [1.29, 1.82) is 0 Å². The molecule has 2 nitrogen and oxygen atoms in total. The lowest BCUT2D eigenvalue weighted by atomic mass is 10.2. The molecule has 14 heavy (non-hydrogen) atoms. The highest BCUT2D eigenvalue weighted by Gasteiger charge is 2.13. The lowest BCUT2D eigenvalue weighted by Gasteiger charge is -2.10. The van der Waals surface area contributed by atoms with Crippen molar-refractivity contribution in [2.45, 2.75) is 38.3 Å². The van der Waals surface area contributed by atoms with E-state index in [2.05, 4.69) is 10.3 Å². The van der Waals surface area contributed by atoms with Gasteiger partial charge in [0.2, 0.25) is 0 Å². The monoisotopic (exact) mass is 210 g/mol. The van der Waals surface area contributed by atoms with Crippen molar-refractivity contribution >= 4 is 11.6 Å². The highest BCUT2D eigenvalue weighted by atomic mass is 35.5. The lowest BCUT2D eigenvalue weighted by Crippen LogP contribution is -2.25. The minimum Gasteiger partial charge on any atom is -0.308 e. The van der Waals surface area contributed by atoms with E-state index < -0.39 is 0 Å². The molecule has 1 aliphatic rings. The first-order chi connectivity index (χ1) is 6.84. The normalized spacial score (nSPS) is 17.5. The van der Waals surface area contributed by atoms with Gasteiger partial charge in [0, 0.05) is 12.6 Å². The van der Waals surface area contributed by atoms with Crippen LogP contribution in [0.2, 0.25) is 5.15 Å². The summed E-state index contributed by atoms with van der Waals surface area (Å²) in [6.07, 6.45) is 5.34. The minimum absolute atomic E-state index is 0.579. The molecular formula is C11H15ClN2. The Bertz CT molecular complexity index is 295. The molecule has 76 valence electrons. The number of hydrogen-bond donors (Lipinski definition) is 1. The number of hydrogen-bond acceptors (Lipinski definition) is 2. The van der Waals surface area contributed by atoms with Gasteiger partial charge in [-0.15, -0.1) is 0 Å². The Morgan fingerprint density at radius 2 is 2.14 bits per heavy atom. The maximum atomic E-state index is 5.80. The highest BCUT2D eigenvalue weighted by Crippen LogP contribution is 2.18. The van der Waals surface area contributed by atoms with Crippen LogP contribution in [-0.2, 0) is 6.54 Å². The lowest BCUT2D eigenvalue weighted by molar-refractivity contribution is 0.519. The number of halogens is 1. The molecule has 0 aliphatic heterocycles. The SMILES string of the molecule is Clc1cccc(CNC2CCCC2)n1. The summed E-state index contributed by atoms with van der Waals surface area (Å²) in [7, 11) is 0. The predicted octanol–water partition coefficient (Wildman–Crippen LogP) is 2.77. The van der Waals surface area contributed by atoms with Crippen molar-refractivity contribution in [3.63, 3.8) is 0 Å². The third-order valence-corrected chi connectivity index (χ3v) is 2.91. The quantitative estimate of drug-likeness (QED) is 0.777. The van der Waals surface area contributed by atoms with Crippen LogP contribution in [-0.4, -0.2) is 11.0 Å². The van der Waals surface area contributed by atoms with Crippen LogP contribution in [0.25, 0.3) is 0 Å². The number of aromatic nitrogens is 1. The van der Waals surface area contributed by atoms with Gasteiger partial charge in [0.15, 0.2) is 0 Å². The Morgan fingerprint density at radius 1 is 1.36 bits per heavy atom. The van der Waals surface area contributed by atoms with Crippen LogP contribution in [0.3, 0.4) is 0 Å². The molecule has 1 heterocycles. The smallest absolute Gasteiger partial charge is 0.129 e. The first-order valence-corrected chi connectivity index (χ1v) is 5.57. The Kier molecular flexibility index (Phi) is 3.38.